The zero-order valence-corrected chi connectivity index (χ0v) is 11.7. The molecule has 0 aliphatic carbocycles. The molecular formula is C14H29NO2. The van der Waals surface area contributed by atoms with E-state index in [2.05, 4.69) is 26.1 Å². The van der Waals surface area contributed by atoms with Gasteiger partial charge in [-0.05, 0) is 44.1 Å². The van der Waals surface area contributed by atoms with Crippen LogP contribution in [0.5, 0.6) is 0 Å². The molecule has 17 heavy (non-hydrogen) atoms. The standard InChI is InChI=1S/C14H29NO2/c1-14(2,3)10-12(16)11-15-8-4-6-13-7-5-9-17-13/h12-13,15-16H,4-11H2,1-3H3. The van der Waals surface area contributed by atoms with Crippen molar-refractivity contribution < 1.29 is 9.84 Å². The highest BCUT2D eigenvalue weighted by Gasteiger charge is 2.17. The second-order valence-electron chi connectivity index (χ2n) is 6.40. The molecule has 2 unspecified atom stereocenters. The van der Waals surface area contributed by atoms with Gasteiger partial charge in [-0.2, -0.15) is 0 Å². The van der Waals surface area contributed by atoms with Crippen molar-refractivity contribution in [3.05, 3.63) is 0 Å². The summed E-state index contributed by atoms with van der Waals surface area (Å²) in [5, 5.41) is 13.1. The summed E-state index contributed by atoms with van der Waals surface area (Å²) in [6.45, 7) is 9.13. The summed E-state index contributed by atoms with van der Waals surface area (Å²) < 4.78 is 5.57. The molecule has 3 nitrogen and oxygen atoms in total. The Balaban J connectivity index is 1.92. The number of aliphatic hydroxyl groups is 1. The number of hydrogen-bond donors (Lipinski definition) is 2. The Labute approximate surface area is 106 Å². The van der Waals surface area contributed by atoms with E-state index in [0.29, 0.717) is 12.6 Å². The van der Waals surface area contributed by atoms with Gasteiger partial charge in [0.15, 0.2) is 0 Å². The number of ether oxygens (including phenoxy) is 1. The minimum absolute atomic E-state index is 0.207. The van der Waals surface area contributed by atoms with Crippen molar-refractivity contribution in [3.8, 4) is 0 Å². The minimum Gasteiger partial charge on any atom is -0.392 e. The molecule has 0 aromatic heterocycles. The number of aliphatic hydroxyl groups excluding tert-OH is 1. The van der Waals surface area contributed by atoms with Crippen molar-refractivity contribution in [1.29, 1.82) is 0 Å². The molecule has 1 fully saturated rings. The maximum atomic E-state index is 9.81. The van der Waals surface area contributed by atoms with E-state index >= 15 is 0 Å². The van der Waals surface area contributed by atoms with Crippen molar-refractivity contribution in [3.63, 3.8) is 0 Å². The Kier molecular flexibility index (Phi) is 6.45. The van der Waals surface area contributed by atoms with Crippen molar-refractivity contribution >= 4 is 0 Å². The molecule has 0 radical (unpaired) electrons. The second kappa shape index (κ2) is 7.34. The van der Waals surface area contributed by atoms with Gasteiger partial charge in [-0.1, -0.05) is 20.8 Å². The summed E-state index contributed by atoms with van der Waals surface area (Å²) in [4.78, 5) is 0. The Morgan fingerprint density at radius 1 is 1.41 bits per heavy atom. The van der Waals surface area contributed by atoms with Gasteiger partial charge in [0.2, 0.25) is 0 Å². The Hall–Kier alpha value is -0.120. The van der Waals surface area contributed by atoms with Crippen LogP contribution in [0.25, 0.3) is 0 Å². The third-order valence-electron chi connectivity index (χ3n) is 3.13. The number of nitrogens with one attached hydrogen (secondary N) is 1. The smallest absolute Gasteiger partial charge is 0.0669 e. The summed E-state index contributed by atoms with van der Waals surface area (Å²) in [5.74, 6) is 0. The predicted octanol–water partition coefficient (Wildman–Crippen LogP) is 2.33. The van der Waals surface area contributed by atoms with E-state index < -0.39 is 0 Å². The summed E-state index contributed by atoms with van der Waals surface area (Å²) in [6.07, 6.45) is 5.88. The maximum absolute atomic E-state index is 9.81. The van der Waals surface area contributed by atoms with Crippen LogP contribution in [-0.4, -0.2) is 37.0 Å². The van der Waals surface area contributed by atoms with Crippen LogP contribution in [0.15, 0.2) is 0 Å². The molecule has 0 spiro atoms. The van der Waals surface area contributed by atoms with Crippen LogP contribution >= 0.6 is 0 Å². The Morgan fingerprint density at radius 3 is 2.76 bits per heavy atom. The third kappa shape index (κ3) is 7.74. The highest BCUT2D eigenvalue weighted by Crippen LogP contribution is 2.20. The molecule has 1 aliphatic rings. The Morgan fingerprint density at radius 2 is 2.18 bits per heavy atom. The average molecular weight is 243 g/mol. The molecule has 0 bridgehead atoms. The molecule has 2 atom stereocenters. The molecular weight excluding hydrogens is 214 g/mol. The van der Waals surface area contributed by atoms with Crippen LogP contribution in [0.4, 0.5) is 0 Å². The fraction of sp³-hybridized carbons (Fsp3) is 1.00. The number of rotatable bonds is 7. The van der Waals surface area contributed by atoms with Gasteiger partial charge in [0, 0.05) is 13.2 Å². The molecule has 102 valence electrons. The first-order valence-corrected chi connectivity index (χ1v) is 6.98. The summed E-state index contributed by atoms with van der Waals surface area (Å²) in [7, 11) is 0. The zero-order chi connectivity index (χ0) is 12.7. The minimum atomic E-state index is -0.224. The summed E-state index contributed by atoms with van der Waals surface area (Å²) >= 11 is 0. The highest BCUT2D eigenvalue weighted by atomic mass is 16.5. The SMILES string of the molecule is CC(C)(C)CC(O)CNCCCC1CCCO1. The Bertz CT molecular complexity index is 195. The fourth-order valence-electron chi connectivity index (χ4n) is 2.37. The summed E-state index contributed by atoms with van der Waals surface area (Å²) in [5.41, 5.74) is 0.207. The molecule has 1 heterocycles. The molecule has 2 N–H and O–H groups in total. The van der Waals surface area contributed by atoms with Crippen molar-refractivity contribution in [2.75, 3.05) is 19.7 Å². The van der Waals surface area contributed by atoms with E-state index in [1.807, 2.05) is 0 Å². The maximum Gasteiger partial charge on any atom is 0.0669 e. The van der Waals surface area contributed by atoms with Gasteiger partial charge in [0.05, 0.1) is 12.2 Å². The number of hydrogen-bond acceptors (Lipinski definition) is 3. The highest BCUT2D eigenvalue weighted by molar-refractivity contribution is 4.70. The molecule has 3 heteroatoms. The third-order valence-corrected chi connectivity index (χ3v) is 3.13. The van der Waals surface area contributed by atoms with Gasteiger partial charge in [0.1, 0.15) is 0 Å². The lowest BCUT2D eigenvalue weighted by molar-refractivity contribution is 0.101. The molecule has 0 aromatic rings. The van der Waals surface area contributed by atoms with Crippen LogP contribution in [0.2, 0.25) is 0 Å². The monoisotopic (exact) mass is 243 g/mol. The van der Waals surface area contributed by atoms with Crippen molar-refractivity contribution in [1.82, 2.24) is 5.32 Å². The molecule has 0 amide bonds. The average Bonchev–Trinajstić information content (AvgIpc) is 2.67. The quantitative estimate of drug-likeness (QED) is 0.674. The fourth-order valence-corrected chi connectivity index (χ4v) is 2.37. The van der Waals surface area contributed by atoms with Gasteiger partial charge in [-0.15, -0.1) is 0 Å². The van der Waals surface area contributed by atoms with Crippen LogP contribution < -0.4 is 5.32 Å². The van der Waals surface area contributed by atoms with Gasteiger partial charge in [-0.25, -0.2) is 0 Å². The van der Waals surface area contributed by atoms with Crippen LogP contribution in [0.3, 0.4) is 0 Å². The van der Waals surface area contributed by atoms with E-state index in [0.717, 1.165) is 32.4 Å². The van der Waals surface area contributed by atoms with Gasteiger partial charge < -0.3 is 15.2 Å². The molecule has 1 aliphatic heterocycles. The van der Waals surface area contributed by atoms with Gasteiger partial charge >= 0.3 is 0 Å². The predicted molar refractivity (Wildman–Crippen MR) is 71.2 cm³/mol. The van der Waals surface area contributed by atoms with Gasteiger partial charge in [0.25, 0.3) is 0 Å². The van der Waals surface area contributed by atoms with Crippen LogP contribution in [0, 0.1) is 5.41 Å². The first kappa shape index (κ1) is 14.9. The van der Waals surface area contributed by atoms with Crippen molar-refractivity contribution in [2.24, 2.45) is 5.41 Å². The van der Waals surface area contributed by atoms with E-state index in [-0.39, 0.29) is 11.5 Å². The van der Waals surface area contributed by atoms with E-state index in [9.17, 15) is 5.11 Å². The van der Waals surface area contributed by atoms with E-state index in [4.69, 9.17) is 4.74 Å². The molecule has 0 saturated carbocycles. The molecule has 1 rings (SSSR count). The molecule has 1 saturated heterocycles. The zero-order valence-electron chi connectivity index (χ0n) is 11.7. The lowest BCUT2D eigenvalue weighted by Crippen LogP contribution is -2.31. The second-order valence-corrected chi connectivity index (χ2v) is 6.40. The van der Waals surface area contributed by atoms with Crippen LogP contribution in [0.1, 0.15) is 52.9 Å². The van der Waals surface area contributed by atoms with Crippen molar-refractivity contribution in [2.45, 2.75) is 65.1 Å². The summed E-state index contributed by atoms with van der Waals surface area (Å²) in [6, 6.07) is 0. The first-order valence-electron chi connectivity index (χ1n) is 6.98. The first-order chi connectivity index (χ1) is 7.97. The lowest BCUT2D eigenvalue weighted by Gasteiger charge is -2.22. The lowest BCUT2D eigenvalue weighted by atomic mass is 9.89. The molecule has 0 aromatic carbocycles. The largest absolute Gasteiger partial charge is 0.392 e. The van der Waals surface area contributed by atoms with Gasteiger partial charge in [-0.3, -0.25) is 0 Å². The van der Waals surface area contributed by atoms with Crippen LogP contribution in [-0.2, 0) is 4.74 Å². The topological polar surface area (TPSA) is 41.5 Å². The van der Waals surface area contributed by atoms with E-state index in [1.165, 1.54) is 12.8 Å². The normalized spacial score (nSPS) is 22.9. The van der Waals surface area contributed by atoms with E-state index in [1.54, 1.807) is 0 Å².